The molecule has 1 heterocycles. The van der Waals surface area contributed by atoms with Gasteiger partial charge in [0.2, 0.25) is 0 Å². The topological polar surface area (TPSA) is 78.9 Å². The number of carboxylic acid groups (broad SMARTS) is 1. The summed E-state index contributed by atoms with van der Waals surface area (Å²) in [5, 5.41) is 11.7. The first-order valence-electron chi connectivity index (χ1n) is 6.92. The smallest absolute Gasteiger partial charge is 0.416 e. The molecule has 2 rings (SSSR count). The molecule has 1 aliphatic heterocycles. The van der Waals surface area contributed by atoms with Gasteiger partial charge in [0, 0.05) is 6.54 Å². The molecule has 0 saturated heterocycles. The van der Waals surface area contributed by atoms with Gasteiger partial charge < -0.3 is 15.2 Å². The third kappa shape index (κ3) is 4.12. The van der Waals surface area contributed by atoms with E-state index in [0.717, 1.165) is 5.56 Å². The monoisotopic (exact) mass is 302 g/mol. The number of aliphatic carboxylic acids is 1. The summed E-state index contributed by atoms with van der Waals surface area (Å²) < 4.78 is 5.26. The zero-order chi connectivity index (χ0) is 15.9. The van der Waals surface area contributed by atoms with Gasteiger partial charge in [-0.15, -0.1) is 0 Å². The lowest BCUT2D eigenvalue weighted by Gasteiger charge is -2.27. The van der Waals surface area contributed by atoms with Crippen LogP contribution in [-0.2, 0) is 16.1 Å². The average molecular weight is 302 g/mol. The highest BCUT2D eigenvalue weighted by atomic mass is 16.6. The van der Waals surface area contributed by atoms with Crippen molar-refractivity contribution >= 4 is 12.1 Å². The van der Waals surface area contributed by atoms with Crippen LogP contribution in [0.5, 0.6) is 0 Å². The molecule has 1 aromatic carbocycles. The highest BCUT2D eigenvalue weighted by Crippen LogP contribution is 2.12. The summed E-state index contributed by atoms with van der Waals surface area (Å²) in [5.74, 6) is -0.580. The van der Waals surface area contributed by atoms with Gasteiger partial charge in [-0.3, -0.25) is 9.69 Å². The van der Waals surface area contributed by atoms with Crippen molar-refractivity contribution in [3.8, 4) is 0 Å². The molecule has 0 saturated carbocycles. The Bertz CT molecular complexity index is 595. The maximum Gasteiger partial charge on any atom is 0.416 e. The van der Waals surface area contributed by atoms with Crippen LogP contribution in [0.1, 0.15) is 12.5 Å². The molecule has 0 fully saturated rings. The van der Waals surface area contributed by atoms with E-state index in [1.54, 1.807) is 18.2 Å². The van der Waals surface area contributed by atoms with E-state index in [0.29, 0.717) is 12.4 Å². The number of carboxylic acids is 1. The number of carbonyl (C=O) groups is 2. The van der Waals surface area contributed by atoms with Gasteiger partial charge in [0.25, 0.3) is 0 Å². The number of benzene rings is 1. The molecule has 0 spiro atoms. The van der Waals surface area contributed by atoms with E-state index in [2.05, 4.69) is 5.32 Å². The second-order valence-electron chi connectivity index (χ2n) is 4.84. The van der Waals surface area contributed by atoms with Crippen molar-refractivity contribution in [1.82, 2.24) is 10.2 Å². The van der Waals surface area contributed by atoms with E-state index in [4.69, 9.17) is 9.84 Å². The maximum absolute atomic E-state index is 12.2. The average Bonchev–Trinajstić information content (AvgIpc) is 2.54. The Balaban J connectivity index is 1.97. The first kappa shape index (κ1) is 15.6. The van der Waals surface area contributed by atoms with Crippen LogP contribution in [0.25, 0.3) is 0 Å². The number of allylic oxidation sites excluding steroid dienone is 2. The van der Waals surface area contributed by atoms with Gasteiger partial charge in [-0.1, -0.05) is 42.5 Å². The lowest BCUT2D eigenvalue weighted by Crippen LogP contribution is -2.43. The predicted octanol–water partition coefficient (Wildman–Crippen LogP) is 2.10. The first-order chi connectivity index (χ1) is 10.6. The number of hydrogen-bond acceptors (Lipinski definition) is 4. The molecule has 0 radical (unpaired) electrons. The molecule has 0 bridgehead atoms. The largest absolute Gasteiger partial charge is 0.480 e. The summed E-state index contributed by atoms with van der Waals surface area (Å²) in [7, 11) is 0. The van der Waals surface area contributed by atoms with E-state index < -0.39 is 18.1 Å². The highest BCUT2D eigenvalue weighted by molar-refractivity contribution is 5.74. The lowest BCUT2D eigenvalue weighted by atomic mass is 10.2. The van der Waals surface area contributed by atoms with Gasteiger partial charge in [-0.25, -0.2) is 4.79 Å². The van der Waals surface area contributed by atoms with Gasteiger partial charge in [-0.05, 0) is 18.6 Å². The van der Waals surface area contributed by atoms with Gasteiger partial charge in [0.1, 0.15) is 18.5 Å². The number of nitrogens with zero attached hydrogens (tertiary/aromatic N) is 1. The summed E-state index contributed by atoms with van der Waals surface area (Å²) in [6.45, 7) is 2.01. The van der Waals surface area contributed by atoms with Crippen LogP contribution in [0.3, 0.4) is 0 Å². The van der Waals surface area contributed by atoms with E-state index in [1.165, 1.54) is 11.8 Å². The highest BCUT2D eigenvalue weighted by Gasteiger charge is 2.23. The molecule has 6 nitrogen and oxygen atoms in total. The van der Waals surface area contributed by atoms with E-state index in [1.807, 2.05) is 30.3 Å². The molecule has 2 N–H and O–H groups in total. The summed E-state index contributed by atoms with van der Waals surface area (Å²) >= 11 is 0. The molecule has 1 aromatic rings. The Morgan fingerprint density at radius 3 is 2.77 bits per heavy atom. The van der Waals surface area contributed by atoms with Crippen molar-refractivity contribution < 1.29 is 19.4 Å². The summed E-state index contributed by atoms with van der Waals surface area (Å²) in [6, 6.07) is 8.55. The van der Waals surface area contributed by atoms with Gasteiger partial charge in [0.05, 0.1) is 0 Å². The van der Waals surface area contributed by atoms with Crippen LogP contribution in [0.15, 0.2) is 54.4 Å². The van der Waals surface area contributed by atoms with Crippen LogP contribution < -0.4 is 5.32 Å². The fraction of sp³-hybridized carbons (Fsp3) is 0.250. The molecule has 0 unspecified atom stereocenters. The number of rotatable bonds is 5. The van der Waals surface area contributed by atoms with Crippen molar-refractivity contribution in [3.63, 3.8) is 0 Å². The minimum Gasteiger partial charge on any atom is -0.480 e. The third-order valence-corrected chi connectivity index (χ3v) is 3.13. The molecule has 1 aliphatic rings. The van der Waals surface area contributed by atoms with Crippen molar-refractivity contribution in [2.24, 2.45) is 0 Å². The molecular formula is C16H18N2O4. The normalized spacial score (nSPS) is 15.0. The Labute approximate surface area is 128 Å². The summed E-state index contributed by atoms with van der Waals surface area (Å²) in [6.07, 6.45) is 4.68. The van der Waals surface area contributed by atoms with Crippen LogP contribution >= 0.6 is 0 Å². The quantitative estimate of drug-likeness (QED) is 0.871. The molecule has 22 heavy (non-hydrogen) atoms. The zero-order valence-corrected chi connectivity index (χ0v) is 12.2. The maximum atomic E-state index is 12.2. The van der Waals surface area contributed by atoms with Crippen molar-refractivity contribution in [2.75, 3.05) is 6.54 Å². The van der Waals surface area contributed by atoms with Crippen molar-refractivity contribution in [3.05, 3.63) is 59.9 Å². The van der Waals surface area contributed by atoms with Crippen LogP contribution in [0.4, 0.5) is 4.79 Å². The second-order valence-corrected chi connectivity index (χ2v) is 4.84. The van der Waals surface area contributed by atoms with Crippen molar-refractivity contribution in [1.29, 1.82) is 0 Å². The Kier molecular flexibility index (Phi) is 5.19. The van der Waals surface area contributed by atoms with E-state index in [-0.39, 0.29) is 6.61 Å². The minimum atomic E-state index is -0.993. The molecule has 1 atom stereocenters. The molecule has 116 valence electrons. The molecule has 0 aliphatic carbocycles. The predicted molar refractivity (Wildman–Crippen MR) is 80.8 cm³/mol. The number of ether oxygens (including phenoxy) is 1. The van der Waals surface area contributed by atoms with E-state index >= 15 is 0 Å². The van der Waals surface area contributed by atoms with Crippen molar-refractivity contribution in [2.45, 2.75) is 19.6 Å². The summed E-state index contributed by atoms with van der Waals surface area (Å²) in [5.41, 5.74) is 0.890. The Morgan fingerprint density at radius 2 is 2.09 bits per heavy atom. The lowest BCUT2D eigenvalue weighted by molar-refractivity contribution is -0.138. The number of hydrogen-bond donors (Lipinski definition) is 2. The zero-order valence-electron chi connectivity index (χ0n) is 12.2. The number of carbonyl (C=O) groups excluding carboxylic acids is 1. The Hall–Kier alpha value is -2.76. The molecular weight excluding hydrogens is 284 g/mol. The van der Waals surface area contributed by atoms with E-state index in [9.17, 15) is 9.59 Å². The number of nitrogens with one attached hydrogen (secondary N) is 1. The second kappa shape index (κ2) is 7.31. The van der Waals surface area contributed by atoms with Crippen LogP contribution in [0, 0.1) is 0 Å². The molecule has 1 amide bonds. The Morgan fingerprint density at radius 1 is 1.36 bits per heavy atom. The third-order valence-electron chi connectivity index (χ3n) is 3.13. The number of amides is 1. The SMILES string of the molecule is C[C@H](NC1=CC=CCN1C(=O)OCc1ccccc1)C(=O)O. The van der Waals surface area contributed by atoms with Crippen LogP contribution in [-0.4, -0.2) is 34.7 Å². The minimum absolute atomic E-state index is 0.168. The fourth-order valence-electron chi connectivity index (χ4n) is 1.89. The fourth-order valence-corrected chi connectivity index (χ4v) is 1.89. The molecule has 6 heteroatoms. The van der Waals surface area contributed by atoms with Crippen LogP contribution in [0.2, 0.25) is 0 Å². The molecule has 0 aromatic heterocycles. The van der Waals surface area contributed by atoms with Gasteiger partial charge >= 0.3 is 12.1 Å². The first-order valence-corrected chi connectivity index (χ1v) is 6.92. The van der Waals surface area contributed by atoms with Gasteiger partial charge in [0.15, 0.2) is 0 Å². The standard InChI is InChI=1S/C16H18N2O4/c1-12(15(19)20)17-14-9-5-6-10-18(14)16(21)22-11-13-7-3-2-4-8-13/h2-9,12,17H,10-11H2,1H3,(H,19,20)/t12-/m0/s1. The summed E-state index contributed by atoms with van der Waals surface area (Å²) in [4.78, 5) is 24.5. The van der Waals surface area contributed by atoms with Gasteiger partial charge in [-0.2, -0.15) is 0 Å².